The smallest absolute Gasteiger partial charge is 0.269 e. The zero-order chi connectivity index (χ0) is 25.9. The van der Waals surface area contributed by atoms with Gasteiger partial charge in [-0.25, -0.2) is 14.4 Å². The molecule has 0 aliphatic heterocycles. The number of carbonyl (C=O) groups excluding carboxylic acids is 1. The van der Waals surface area contributed by atoms with E-state index in [9.17, 15) is 9.18 Å². The third kappa shape index (κ3) is 4.90. The first-order valence-electron chi connectivity index (χ1n) is 11.3. The van der Waals surface area contributed by atoms with Crippen LogP contribution in [0, 0.1) is 5.82 Å². The van der Waals surface area contributed by atoms with Crippen LogP contribution < -0.4 is 20.1 Å². The molecule has 0 aliphatic carbocycles. The second-order valence-electron chi connectivity index (χ2n) is 8.11. The Hall–Kier alpha value is -4.99. The van der Waals surface area contributed by atoms with E-state index < -0.39 is 0 Å². The monoisotopic (exact) mass is 498 g/mol. The van der Waals surface area contributed by atoms with E-state index in [0.29, 0.717) is 45.7 Å². The Morgan fingerprint density at radius 2 is 1.84 bits per heavy atom. The molecular weight excluding hydrogens is 475 g/mol. The van der Waals surface area contributed by atoms with E-state index in [4.69, 9.17) is 9.47 Å². The summed E-state index contributed by atoms with van der Waals surface area (Å²) in [6.45, 7) is 0. The van der Waals surface area contributed by atoms with Crippen molar-refractivity contribution in [2.24, 2.45) is 7.05 Å². The maximum atomic E-state index is 14.6. The second-order valence-corrected chi connectivity index (χ2v) is 8.11. The zero-order valence-corrected chi connectivity index (χ0v) is 20.3. The molecule has 3 aromatic heterocycles. The summed E-state index contributed by atoms with van der Waals surface area (Å²) in [5.41, 5.74) is 3.53. The number of pyridine rings is 2. The van der Waals surface area contributed by atoms with Crippen LogP contribution >= 0.6 is 0 Å². The molecule has 0 unspecified atom stereocenters. The molecule has 0 radical (unpaired) electrons. The number of ether oxygens (including phenoxy) is 2. The zero-order valence-electron chi connectivity index (χ0n) is 20.3. The molecule has 2 N–H and O–H groups in total. The Labute approximate surface area is 211 Å². The minimum absolute atomic E-state index is 0.259. The predicted molar refractivity (Wildman–Crippen MR) is 138 cm³/mol. The third-order valence-electron chi connectivity index (χ3n) is 5.76. The summed E-state index contributed by atoms with van der Waals surface area (Å²) in [5, 5.41) is 5.80. The van der Waals surface area contributed by atoms with Crippen molar-refractivity contribution in [3.63, 3.8) is 0 Å². The van der Waals surface area contributed by atoms with E-state index in [1.54, 1.807) is 55.7 Å². The molecule has 0 spiro atoms. The number of benzene rings is 2. The number of rotatable bonds is 7. The molecule has 0 atom stereocenters. The van der Waals surface area contributed by atoms with Crippen molar-refractivity contribution < 1.29 is 18.7 Å². The standard InChI is InChI=1S/C27H23FN6O3/c1-29-26(35)23-14-19(10-11-30-23)37-18-6-8-24-22(13-18)33-27(34(24)2)32-17-5-7-21(28)20(12-17)16-4-9-25(36-3)31-15-16/h4-15H,1-3H3,(H,29,35)(H,32,33). The van der Waals surface area contributed by atoms with Gasteiger partial charge in [-0.3, -0.25) is 9.78 Å². The average Bonchev–Trinajstić information content (AvgIpc) is 3.23. The van der Waals surface area contributed by atoms with Crippen molar-refractivity contribution in [3.05, 3.63) is 84.6 Å². The quantitative estimate of drug-likeness (QED) is 0.323. The Morgan fingerprint density at radius 1 is 1.00 bits per heavy atom. The van der Waals surface area contributed by atoms with Crippen LogP contribution in [0.3, 0.4) is 0 Å². The number of aromatic nitrogens is 4. The van der Waals surface area contributed by atoms with E-state index in [-0.39, 0.29) is 17.4 Å². The van der Waals surface area contributed by atoms with E-state index in [2.05, 4.69) is 25.6 Å². The van der Waals surface area contributed by atoms with Gasteiger partial charge in [0.25, 0.3) is 5.91 Å². The van der Waals surface area contributed by atoms with Gasteiger partial charge >= 0.3 is 0 Å². The summed E-state index contributed by atoms with van der Waals surface area (Å²) in [5.74, 6) is 1.41. The fraction of sp³-hybridized carbons (Fsp3) is 0.111. The molecule has 3 heterocycles. The van der Waals surface area contributed by atoms with Crippen LogP contribution in [0.25, 0.3) is 22.2 Å². The minimum atomic E-state index is -0.361. The van der Waals surface area contributed by atoms with Gasteiger partial charge in [0, 0.05) is 61.5 Å². The summed E-state index contributed by atoms with van der Waals surface area (Å²) < 4.78 is 27.5. The van der Waals surface area contributed by atoms with Crippen molar-refractivity contribution in [3.8, 4) is 28.5 Å². The lowest BCUT2D eigenvalue weighted by atomic mass is 10.1. The second kappa shape index (κ2) is 9.94. The molecule has 5 rings (SSSR count). The molecule has 5 aromatic rings. The summed E-state index contributed by atoms with van der Waals surface area (Å²) in [6.07, 6.45) is 3.08. The van der Waals surface area contributed by atoms with Crippen molar-refractivity contribution in [1.29, 1.82) is 0 Å². The van der Waals surface area contributed by atoms with Gasteiger partial charge in [0.05, 0.1) is 18.1 Å². The van der Waals surface area contributed by atoms with Gasteiger partial charge in [-0.2, -0.15) is 0 Å². The predicted octanol–water partition coefficient (Wildman–Crippen LogP) is 5.07. The lowest BCUT2D eigenvalue weighted by Gasteiger charge is -2.10. The number of anilines is 2. The van der Waals surface area contributed by atoms with E-state index in [0.717, 1.165) is 5.52 Å². The normalized spacial score (nSPS) is 10.8. The maximum absolute atomic E-state index is 14.6. The molecule has 0 fully saturated rings. The molecule has 10 heteroatoms. The molecule has 1 amide bonds. The molecule has 0 aliphatic rings. The number of nitrogens with zero attached hydrogens (tertiary/aromatic N) is 4. The third-order valence-corrected chi connectivity index (χ3v) is 5.76. The van der Waals surface area contributed by atoms with E-state index in [1.807, 2.05) is 23.7 Å². The first-order chi connectivity index (χ1) is 17.9. The highest BCUT2D eigenvalue weighted by Gasteiger charge is 2.13. The number of hydrogen-bond donors (Lipinski definition) is 2. The molecular formula is C27H23FN6O3. The van der Waals surface area contributed by atoms with Crippen molar-refractivity contribution in [1.82, 2.24) is 24.8 Å². The number of fused-ring (bicyclic) bond motifs is 1. The van der Waals surface area contributed by atoms with Gasteiger partial charge < -0.3 is 24.7 Å². The van der Waals surface area contributed by atoms with Crippen molar-refractivity contribution >= 4 is 28.6 Å². The van der Waals surface area contributed by atoms with E-state index >= 15 is 0 Å². The van der Waals surface area contributed by atoms with E-state index in [1.165, 1.54) is 19.4 Å². The molecule has 186 valence electrons. The molecule has 2 aromatic carbocycles. The number of aryl methyl sites for hydroxylation is 1. The van der Waals surface area contributed by atoms with Crippen molar-refractivity contribution in [2.75, 3.05) is 19.5 Å². The maximum Gasteiger partial charge on any atom is 0.269 e. The molecule has 9 nitrogen and oxygen atoms in total. The lowest BCUT2D eigenvalue weighted by molar-refractivity contribution is 0.0958. The number of methoxy groups -OCH3 is 1. The van der Waals surface area contributed by atoms with Crippen LogP contribution in [-0.4, -0.2) is 39.6 Å². The van der Waals surface area contributed by atoms with Gasteiger partial charge in [0.2, 0.25) is 11.8 Å². The highest BCUT2D eigenvalue weighted by molar-refractivity contribution is 5.92. The van der Waals surface area contributed by atoms with Gasteiger partial charge in [-0.1, -0.05) is 0 Å². The first kappa shape index (κ1) is 23.7. The number of hydrogen-bond acceptors (Lipinski definition) is 7. The molecule has 0 saturated carbocycles. The Morgan fingerprint density at radius 3 is 2.59 bits per heavy atom. The lowest BCUT2D eigenvalue weighted by Crippen LogP contribution is -2.18. The SMILES string of the molecule is CNC(=O)c1cc(Oc2ccc3c(c2)nc(Nc2ccc(F)c(-c4ccc(OC)nc4)c2)n3C)ccn1. The number of amides is 1. The number of carbonyl (C=O) groups is 1. The highest BCUT2D eigenvalue weighted by atomic mass is 19.1. The summed E-state index contributed by atoms with van der Waals surface area (Å²) in [6, 6.07) is 17.0. The van der Waals surface area contributed by atoms with Crippen LogP contribution in [0.2, 0.25) is 0 Å². The summed E-state index contributed by atoms with van der Waals surface area (Å²) >= 11 is 0. The first-order valence-corrected chi connectivity index (χ1v) is 11.3. The minimum Gasteiger partial charge on any atom is -0.481 e. The molecule has 37 heavy (non-hydrogen) atoms. The van der Waals surface area contributed by atoms with Gasteiger partial charge in [-0.05, 0) is 42.5 Å². The van der Waals surface area contributed by atoms with Gasteiger partial charge in [-0.15, -0.1) is 0 Å². The van der Waals surface area contributed by atoms with Gasteiger partial charge in [0.15, 0.2) is 0 Å². The summed E-state index contributed by atoms with van der Waals surface area (Å²) in [4.78, 5) is 24.8. The molecule has 0 bridgehead atoms. The van der Waals surface area contributed by atoms with Crippen molar-refractivity contribution in [2.45, 2.75) is 0 Å². The highest BCUT2D eigenvalue weighted by Crippen LogP contribution is 2.30. The largest absolute Gasteiger partial charge is 0.481 e. The van der Waals surface area contributed by atoms with Crippen LogP contribution in [0.15, 0.2) is 73.1 Å². The Bertz CT molecular complexity index is 1600. The number of halogens is 1. The topological polar surface area (TPSA) is 103 Å². The van der Waals surface area contributed by atoms with Crippen LogP contribution in [0.5, 0.6) is 17.4 Å². The molecule has 0 saturated heterocycles. The number of nitrogens with one attached hydrogen (secondary N) is 2. The number of imidazole rings is 1. The van der Waals surface area contributed by atoms with Gasteiger partial charge in [0.1, 0.15) is 23.0 Å². The van der Waals surface area contributed by atoms with Crippen LogP contribution in [0.4, 0.5) is 16.0 Å². The Kier molecular flexibility index (Phi) is 6.38. The van der Waals surface area contributed by atoms with Crippen LogP contribution in [0.1, 0.15) is 10.5 Å². The fourth-order valence-electron chi connectivity index (χ4n) is 3.83. The average molecular weight is 499 g/mol. The summed E-state index contributed by atoms with van der Waals surface area (Å²) in [7, 11) is 4.96. The Balaban J connectivity index is 1.40. The van der Waals surface area contributed by atoms with Crippen LogP contribution in [-0.2, 0) is 7.05 Å². The fourth-order valence-corrected chi connectivity index (χ4v) is 3.83.